The Bertz CT molecular complexity index is 894. The molecule has 0 atom stereocenters. The third-order valence-electron chi connectivity index (χ3n) is 4.97. The Morgan fingerprint density at radius 3 is 2.23 bits per heavy atom. The van der Waals surface area contributed by atoms with Crippen LogP contribution in [0.3, 0.4) is 0 Å². The first-order chi connectivity index (χ1) is 14.2. The van der Waals surface area contributed by atoms with Crippen LogP contribution in [-0.4, -0.2) is 42.8 Å². The van der Waals surface area contributed by atoms with Gasteiger partial charge in [-0.1, -0.05) is 18.2 Å². The molecule has 1 aliphatic rings. The van der Waals surface area contributed by atoms with Crippen molar-refractivity contribution in [1.29, 1.82) is 0 Å². The van der Waals surface area contributed by atoms with Crippen molar-refractivity contribution in [3.63, 3.8) is 0 Å². The fourth-order valence-corrected chi connectivity index (χ4v) is 3.49. The van der Waals surface area contributed by atoms with Gasteiger partial charge in [0, 0.05) is 13.1 Å². The predicted octanol–water partition coefficient (Wildman–Crippen LogP) is 5.38. The number of likely N-dealkylation sites (tertiary alicyclic amines) is 1. The number of benzene rings is 2. The summed E-state index contributed by atoms with van der Waals surface area (Å²) >= 11 is 0. The quantitative estimate of drug-likeness (QED) is 0.632. The lowest BCUT2D eigenvalue weighted by atomic mass is 9.89. The Hall–Kier alpha value is -3.02. The molecule has 1 amide bonds. The number of amides is 1. The van der Waals surface area contributed by atoms with Crippen molar-refractivity contribution in [3.05, 3.63) is 59.7 Å². The van der Waals surface area contributed by atoms with Gasteiger partial charge in [0.25, 0.3) is 0 Å². The molecule has 0 spiro atoms. The van der Waals surface area contributed by atoms with Gasteiger partial charge in [-0.05, 0) is 75.4 Å². The average Bonchev–Trinajstić information content (AvgIpc) is 2.72. The number of hydrogen-bond acceptors (Lipinski definition) is 5. The number of hydrogen-bond donors (Lipinski definition) is 0. The molecule has 0 N–H and O–H groups in total. The third kappa shape index (κ3) is 5.75. The lowest BCUT2D eigenvalue weighted by molar-refractivity contribution is 0.0204. The van der Waals surface area contributed by atoms with E-state index < -0.39 is 11.6 Å². The van der Waals surface area contributed by atoms with E-state index in [1.165, 1.54) is 12.7 Å². The number of carbonyl (C=O) groups is 2. The maximum Gasteiger partial charge on any atom is 0.410 e. The number of nitrogens with zero attached hydrogens (tertiary/aromatic N) is 1. The molecule has 1 fully saturated rings. The minimum atomic E-state index is -0.481. The SMILES string of the molecule is COC(=O)c1cccc(Oc2cccc(C3CCN(C(=O)OC(C)(C)C)CC3)c2)c1. The maximum absolute atomic E-state index is 12.3. The highest BCUT2D eigenvalue weighted by Gasteiger charge is 2.27. The number of rotatable bonds is 4. The molecule has 0 unspecified atom stereocenters. The first-order valence-electron chi connectivity index (χ1n) is 10.2. The largest absolute Gasteiger partial charge is 0.465 e. The van der Waals surface area contributed by atoms with E-state index in [2.05, 4.69) is 6.07 Å². The van der Waals surface area contributed by atoms with Crippen LogP contribution in [0, 0.1) is 0 Å². The van der Waals surface area contributed by atoms with E-state index in [0.29, 0.717) is 36.1 Å². The van der Waals surface area contributed by atoms with Crippen molar-refractivity contribution in [2.45, 2.75) is 45.1 Å². The summed E-state index contributed by atoms with van der Waals surface area (Å²) in [6, 6.07) is 14.9. The molecule has 160 valence electrons. The van der Waals surface area contributed by atoms with Gasteiger partial charge < -0.3 is 19.1 Å². The number of esters is 1. The predicted molar refractivity (Wildman–Crippen MR) is 114 cm³/mol. The summed E-state index contributed by atoms with van der Waals surface area (Å²) in [6.07, 6.45) is 1.50. The molecule has 0 aromatic heterocycles. The highest BCUT2D eigenvalue weighted by Crippen LogP contribution is 2.32. The van der Waals surface area contributed by atoms with Crippen molar-refractivity contribution < 1.29 is 23.8 Å². The van der Waals surface area contributed by atoms with Crippen molar-refractivity contribution in [2.75, 3.05) is 20.2 Å². The molecule has 6 heteroatoms. The van der Waals surface area contributed by atoms with E-state index in [0.717, 1.165) is 12.8 Å². The molecule has 2 aromatic rings. The fourth-order valence-electron chi connectivity index (χ4n) is 3.49. The molecule has 0 saturated carbocycles. The number of methoxy groups -OCH3 is 1. The molecule has 1 heterocycles. The normalized spacial score (nSPS) is 14.9. The molecular weight excluding hydrogens is 382 g/mol. The molecule has 1 aliphatic heterocycles. The fraction of sp³-hybridized carbons (Fsp3) is 0.417. The molecule has 2 aromatic carbocycles. The molecule has 0 bridgehead atoms. The van der Waals surface area contributed by atoms with Gasteiger partial charge in [0.05, 0.1) is 12.7 Å². The number of ether oxygens (including phenoxy) is 3. The smallest absolute Gasteiger partial charge is 0.410 e. The highest BCUT2D eigenvalue weighted by atomic mass is 16.6. The Morgan fingerprint density at radius 1 is 0.967 bits per heavy atom. The first-order valence-corrected chi connectivity index (χ1v) is 10.2. The molecule has 0 aliphatic carbocycles. The van der Waals surface area contributed by atoms with Crippen LogP contribution < -0.4 is 4.74 Å². The van der Waals surface area contributed by atoms with Gasteiger partial charge in [0.2, 0.25) is 0 Å². The zero-order valence-corrected chi connectivity index (χ0v) is 18.0. The molecule has 6 nitrogen and oxygen atoms in total. The lowest BCUT2D eigenvalue weighted by Gasteiger charge is -2.33. The van der Waals surface area contributed by atoms with Gasteiger partial charge in [-0.2, -0.15) is 0 Å². The van der Waals surface area contributed by atoms with E-state index in [-0.39, 0.29) is 6.09 Å². The molecule has 30 heavy (non-hydrogen) atoms. The van der Waals surface area contributed by atoms with Crippen molar-refractivity contribution >= 4 is 12.1 Å². The zero-order valence-electron chi connectivity index (χ0n) is 18.0. The maximum atomic E-state index is 12.3. The van der Waals surface area contributed by atoms with Crippen LogP contribution in [0.5, 0.6) is 11.5 Å². The van der Waals surface area contributed by atoms with E-state index in [1.807, 2.05) is 39.0 Å². The van der Waals surface area contributed by atoms with Crippen LogP contribution in [-0.2, 0) is 9.47 Å². The lowest BCUT2D eigenvalue weighted by Crippen LogP contribution is -2.41. The summed E-state index contributed by atoms with van der Waals surface area (Å²) in [5, 5.41) is 0. The van der Waals surface area contributed by atoms with E-state index >= 15 is 0 Å². The average molecular weight is 411 g/mol. The number of piperidine rings is 1. The van der Waals surface area contributed by atoms with E-state index in [4.69, 9.17) is 14.2 Å². The van der Waals surface area contributed by atoms with Crippen molar-refractivity contribution in [3.8, 4) is 11.5 Å². The Morgan fingerprint density at radius 2 is 1.60 bits per heavy atom. The molecular formula is C24H29NO5. The van der Waals surface area contributed by atoms with Crippen LogP contribution in [0.1, 0.15) is 55.5 Å². The first kappa shape index (κ1) is 21.7. The van der Waals surface area contributed by atoms with Gasteiger partial charge in [0.15, 0.2) is 0 Å². The van der Waals surface area contributed by atoms with Gasteiger partial charge in [0.1, 0.15) is 17.1 Å². The number of carbonyl (C=O) groups excluding carboxylic acids is 2. The highest BCUT2D eigenvalue weighted by molar-refractivity contribution is 5.89. The van der Waals surface area contributed by atoms with E-state index in [1.54, 1.807) is 29.2 Å². The second-order valence-electron chi connectivity index (χ2n) is 8.44. The summed E-state index contributed by atoms with van der Waals surface area (Å²) in [7, 11) is 1.35. The van der Waals surface area contributed by atoms with Crippen LogP contribution >= 0.6 is 0 Å². The third-order valence-corrected chi connectivity index (χ3v) is 4.97. The second kappa shape index (κ2) is 9.20. The summed E-state index contributed by atoms with van der Waals surface area (Å²) < 4.78 is 16.2. The summed E-state index contributed by atoms with van der Waals surface area (Å²) in [4.78, 5) is 25.8. The van der Waals surface area contributed by atoms with Crippen LogP contribution in [0.2, 0.25) is 0 Å². The van der Waals surface area contributed by atoms with Crippen LogP contribution in [0.25, 0.3) is 0 Å². The van der Waals surface area contributed by atoms with Crippen LogP contribution in [0.4, 0.5) is 4.79 Å². The minimum Gasteiger partial charge on any atom is -0.465 e. The molecule has 3 rings (SSSR count). The van der Waals surface area contributed by atoms with Gasteiger partial charge in [-0.15, -0.1) is 0 Å². The van der Waals surface area contributed by atoms with Crippen molar-refractivity contribution in [2.24, 2.45) is 0 Å². The van der Waals surface area contributed by atoms with Gasteiger partial charge >= 0.3 is 12.1 Å². The monoisotopic (exact) mass is 411 g/mol. The Labute approximate surface area is 177 Å². The van der Waals surface area contributed by atoms with Crippen LogP contribution in [0.15, 0.2) is 48.5 Å². The summed E-state index contributed by atoms with van der Waals surface area (Å²) in [5.74, 6) is 1.25. The topological polar surface area (TPSA) is 65.1 Å². The molecule has 1 saturated heterocycles. The Balaban J connectivity index is 1.63. The van der Waals surface area contributed by atoms with Crippen molar-refractivity contribution in [1.82, 2.24) is 4.90 Å². The minimum absolute atomic E-state index is 0.247. The Kier molecular flexibility index (Phi) is 6.65. The van der Waals surface area contributed by atoms with E-state index in [9.17, 15) is 9.59 Å². The summed E-state index contributed by atoms with van der Waals surface area (Å²) in [6.45, 7) is 6.98. The second-order valence-corrected chi connectivity index (χ2v) is 8.44. The van der Waals surface area contributed by atoms with Gasteiger partial charge in [-0.3, -0.25) is 0 Å². The molecule has 0 radical (unpaired) electrons. The standard InChI is InChI=1S/C24H29NO5/c1-24(2,3)30-23(27)25-13-11-17(12-14-25)18-7-5-9-20(15-18)29-21-10-6-8-19(16-21)22(26)28-4/h5-10,15-17H,11-14H2,1-4H3. The summed E-state index contributed by atoms with van der Waals surface area (Å²) in [5.41, 5.74) is 1.14. The zero-order chi connectivity index (χ0) is 21.7. The van der Waals surface area contributed by atoms with Gasteiger partial charge in [-0.25, -0.2) is 9.59 Å².